The molecule has 1 unspecified atom stereocenters. The van der Waals surface area contributed by atoms with Gasteiger partial charge >= 0.3 is 12.1 Å². The van der Waals surface area contributed by atoms with Crippen LogP contribution in [0.1, 0.15) is 31.4 Å². The Morgan fingerprint density at radius 3 is 2.32 bits per heavy atom. The van der Waals surface area contributed by atoms with Crippen molar-refractivity contribution >= 4 is 45.3 Å². The van der Waals surface area contributed by atoms with Crippen molar-refractivity contribution in [2.45, 2.75) is 32.4 Å². The second-order valence-electron chi connectivity index (χ2n) is 7.53. The van der Waals surface area contributed by atoms with Gasteiger partial charge in [0, 0.05) is 10.9 Å². The molecular formula is C22H22BrN3O4S. The lowest BCUT2D eigenvalue weighted by molar-refractivity contribution is -0.145. The number of carboxylic acid groups (broad SMARTS) is 1. The zero-order valence-electron chi connectivity index (χ0n) is 17.0. The third-order valence-corrected chi connectivity index (χ3v) is 5.20. The lowest BCUT2D eigenvalue weighted by Crippen LogP contribution is -2.57. The van der Waals surface area contributed by atoms with E-state index < -0.39 is 23.0 Å². The van der Waals surface area contributed by atoms with Gasteiger partial charge in [-0.3, -0.25) is 5.32 Å². The fraction of sp³-hybridized carbons (Fsp3) is 0.273. The topological polar surface area (TPSA) is 111 Å². The number of carboxylic acids is 1. The number of halogens is 1. The zero-order chi connectivity index (χ0) is 23.1. The van der Waals surface area contributed by atoms with Crippen LogP contribution < -0.4 is 10.6 Å². The second kappa shape index (κ2) is 10.4. The third-order valence-electron chi connectivity index (χ3n) is 4.47. The zero-order valence-corrected chi connectivity index (χ0v) is 19.4. The summed E-state index contributed by atoms with van der Waals surface area (Å²) in [5, 5.41) is 24.5. The van der Waals surface area contributed by atoms with Crippen molar-refractivity contribution in [3.63, 3.8) is 0 Å². The summed E-state index contributed by atoms with van der Waals surface area (Å²) in [4.78, 5) is 24.6. The van der Waals surface area contributed by atoms with Crippen LogP contribution in [0.4, 0.5) is 4.79 Å². The molecule has 0 bridgehead atoms. The lowest BCUT2D eigenvalue weighted by atomic mass is 9.75. The Balaban J connectivity index is 2.22. The van der Waals surface area contributed by atoms with Crippen LogP contribution in [0.2, 0.25) is 0 Å². The van der Waals surface area contributed by atoms with Gasteiger partial charge < -0.3 is 15.2 Å². The molecule has 9 heteroatoms. The van der Waals surface area contributed by atoms with Gasteiger partial charge in [-0.2, -0.15) is 5.26 Å². The highest BCUT2D eigenvalue weighted by molar-refractivity contribution is 9.10. The number of nitrogens with one attached hydrogen (secondary N) is 2. The average molecular weight is 504 g/mol. The van der Waals surface area contributed by atoms with Crippen LogP contribution in [-0.2, 0) is 21.7 Å². The van der Waals surface area contributed by atoms with Crippen molar-refractivity contribution in [1.82, 2.24) is 10.6 Å². The second-order valence-corrected chi connectivity index (χ2v) is 8.85. The summed E-state index contributed by atoms with van der Waals surface area (Å²) in [5.74, 6) is -1.24. The van der Waals surface area contributed by atoms with E-state index in [-0.39, 0.29) is 18.1 Å². The van der Waals surface area contributed by atoms with Crippen molar-refractivity contribution < 1.29 is 19.4 Å². The molecule has 3 N–H and O–H groups in total. The monoisotopic (exact) mass is 503 g/mol. The number of amides is 1. The average Bonchev–Trinajstić information content (AvgIpc) is 2.72. The number of nitriles is 1. The number of carbonyl (C=O) groups is 2. The Morgan fingerprint density at radius 1 is 1.16 bits per heavy atom. The molecule has 0 saturated heterocycles. The number of thiocarbonyl (C=S) groups is 1. The standard InChI is InChI=1S/C22H22BrN3O4S/c1-21(2,14-24)13-22(18(27)28,16-8-10-17(23)11-9-16)26-19(31)25-20(29)30-12-15-6-4-3-5-7-15/h3-11H,12-13H2,1-2H3,(H,27,28)(H2,25,26,29,31). The van der Waals surface area contributed by atoms with Gasteiger partial charge in [0.15, 0.2) is 10.7 Å². The molecule has 0 saturated carbocycles. The molecule has 0 fully saturated rings. The Morgan fingerprint density at radius 2 is 1.77 bits per heavy atom. The number of nitrogens with zero attached hydrogens (tertiary/aromatic N) is 1. The molecule has 2 rings (SSSR count). The first-order valence-electron chi connectivity index (χ1n) is 9.28. The minimum absolute atomic E-state index is 0.0353. The van der Waals surface area contributed by atoms with Crippen molar-refractivity contribution in [2.24, 2.45) is 5.41 Å². The van der Waals surface area contributed by atoms with Crippen LogP contribution in [0, 0.1) is 16.7 Å². The molecule has 1 atom stereocenters. The molecule has 0 spiro atoms. The van der Waals surface area contributed by atoms with Gasteiger partial charge in [-0.15, -0.1) is 0 Å². The van der Waals surface area contributed by atoms with E-state index in [0.717, 1.165) is 10.0 Å². The lowest BCUT2D eigenvalue weighted by Gasteiger charge is -2.36. The van der Waals surface area contributed by atoms with Crippen molar-refractivity contribution in [2.75, 3.05) is 0 Å². The number of ether oxygens (including phenoxy) is 1. The van der Waals surface area contributed by atoms with Crippen LogP contribution in [0.25, 0.3) is 0 Å². The number of rotatable bonds is 7. The maximum Gasteiger partial charge on any atom is 0.413 e. The number of alkyl carbamates (subject to hydrolysis) is 1. The predicted molar refractivity (Wildman–Crippen MR) is 123 cm³/mol. The third kappa shape index (κ3) is 6.77. The molecule has 162 valence electrons. The molecule has 0 aliphatic heterocycles. The summed E-state index contributed by atoms with van der Waals surface area (Å²) in [6, 6.07) is 17.8. The Hall–Kier alpha value is -2.96. The predicted octanol–water partition coefficient (Wildman–Crippen LogP) is 4.47. The van der Waals surface area contributed by atoms with Crippen LogP contribution >= 0.6 is 28.1 Å². The maximum absolute atomic E-state index is 12.4. The Bertz CT molecular complexity index is 990. The fourth-order valence-electron chi connectivity index (χ4n) is 2.98. The highest BCUT2D eigenvalue weighted by Gasteiger charge is 2.46. The molecule has 0 aliphatic rings. The SMILES string of the molecule is CC(C)(C#N)CC(NC(=S)NC(=O)OCc1ccccc1)(C(=O)O)c1ccc(Br)cc1. The van der Waals surface area contributed by atoms with Gasteiger partial charge in [0.1, 0.15) is 6.61 Å². The van der Waals surface area contributed by atoms with E-state index in [1.54, 1.807) is 50.2 Å². The van der Waals surface area contributed by atoms with Gasteiger partial charge in [-0.25, -0.2) is 9.59 Å². The molecule has 2 aromatic rings. The summed E-state index contributed by atoms with van der Waals surface area (Å²) in [6.45, 7) is 3.30. The molecule has 0 heterocycles. The molecule has 0 aromatic heterocycles. The quantitative estimate of drug-likeness (QED) is 0.477. The van der Waals surface area contributed by atoms with Gasteiger partial charge in [0.2, 0.25) is 0 Å². The summed E-state index contributed by atoms with van der Waals surface area (Å²) in [5.41, 5.74) is -1.57. The molecule has 2 aromatic carbocycles. The largest absolute Gasteiger partial charge is 0.479 e. The van der Waals surface area contributed by atoms with Crippen molar-refractivity contribution in [1.29, 1.82) is 5.26 Å². The number of carbonyl (C=O) groups excluding carboxylic acids is 1. The summed E-state index contributed by atoms with van der Waals surface area (Å²) in [6.07, 6.45) is -0.926. The van der Waals surface area contributed by atoms with Crippen molar-refractivity contribution in [3.05, 3.63) is 70.2 Å². The van der Waals surface area contributed by atoms with E-state index in [1.807, 2.05) is 18.2 Å². The summed E-state index contributed by atoms with van der Waals surface area (Å²) < 4.78 is 5.90. The van der Waals surface area contributed by atoms with E-state index >= 15 is 0 Å². The number of benzene rings is 2. The molecular weight excluding hydrogens is 482 g/mol. The minimum atomic E-state index is -1.75. The van der Waals surface area contributed by atoms with E-state index in [4.69, 9.17) is 17.0 Å². The number of hydrogen-bond acceptors (Lipinski definition) is 5. The van der Waals surface area contributed by atoms with E-state index in [9.17, 15) is 20.0 Å². The van der Waals surface area contributed by atoms with Gasteiger partial charge in [-0.05, 0) is 49.3 Å². The molecule has 0 aliphatic carbocycles. The highest BCUT2D eigenvalue weighted by Crippen LogP contribution is 2.36. The maximum atomic E-state index is 12.4. The Kier molecular flexibility index (Phi) is 8.14. The van der Waals surface area contributed by atoms with Crippen molar-refractivity contribution in [3.8, 4) is 6.07 Å². The molecule has 0 radical (unpaired) electrons. The van der Waals surface area contributed by atoms with Gasteiger partial charge in [-0.1, -0.05) is 58.4 Å². The number of aliphatic carboxylic acids is 1. The fourth-order valence-corrected chi connectivity index (χ4v) is 3.51. The first-order chi connectivity index (χ1) is 14.6. The molecule has 7 nitrogen and oxygen atoms in total. The van der Waals surface area contributed by atoms with Gasteiger partial charge in [0.05, 0.1) is 11.5 Å². The van der Waals surface area contributed by atoms with E-state index in [1.165, 1.54) is 0 Å². The van der Waals surface area contributed by atoms with Crippen LogP contribution in [0.3, 0.4) is 0 Å². The summed E-state index contributed by atoms with van der Waals surface area (Å²) in [7, 11) is 0. The summed E-state index contributed by atoms with van der Waals surface area (Å²) >= 11 is 8.53. The van der Waals surface area contributed by atoms with E-state index in [2.05, 4.69) is 32.6 Å². The van der Waals surface area contributed by atoms with Crippen LogP contribution in [0.5, 0.6) is 0 Å². The van der Waals surface area contributed by atoms with Crippen LogP contribution in [-0.4, -0.2) is 22.3 Å². The van der Waals surface area contributed by atoms with Crippen LogP contribution in [0.15, 0.2) is 59.1 Å². The van der Waals surface area contributed by atoms with E-state index in [0.29, 0.717) is 5.56 Å². The number of hydrogen-bond donors (Lipinski definition) is 3. The minimum Gasteiger partial charge on any atom is -0.479 e. The smallest absolute Gasteiger partial charge is 0.413 e. The molecule has 31 heavy (non-hydrogen) atoms. The van der Waals surface area contributed by atoms with Gasteiger partial charge in [0.25, 0.3) is 0 Å². The first kappa shape index (κ1) is 24.3. The molecule has 1 amide bonds. The highest BCUT2D eigenvalue weighted by atomic mass is 79.9. The normalized spacial score (nSPS) is 12.7. The first-order valence-corrected chi connectivity index (χ1v) is 10.5. The Labute approximate surface area is 194 Å².